The van der Waals surface area contributed by atoms with Crippen molar-refractivity contribution in [3.8, 4) is 0 Å². The van der Waals surface area contributed by atoms with Crippen LogP contribution >= 0.6 is 0 Å². The van der Waals surface area contributed by atoms with Crippen LogP contribution in [0.3, 0.4) is 0 Å². The molecule has 1 N–H and O–H groups in total. The molecule has 3 nitrogen and oxygen atoms in total. The van der Waals surface area contributed by atoms with Crippen LogP contribution in [-0.4, -0.2) is 16.3 Å². The van der Waals surface area contributed by atoms with Crippen LogP contribution in [0, 0.1) is 5.92 Å². The highest BCUT2D eigenvalue weighted by Crippen LogP contribution is 2.25. The average molecular weight is 221 g/mol. The number of hydrogen-bond acceptors (Lipinski definition) is 2. The SMILES string of the molecule is CCC(C)n1nccc1NCC1CCCC1. The summed E-state index contributed by atoms with van der Waals surface area (Å²) in [4.78, 5) is 0. The predicted octanol–water partition coefficient (Wildman–Crippen LogP) is 3.46. The molecule has 1 aliphatic carbocycles. The number of rotatable bonds is 5. The summed E-state index contributed by atoms with van der Waals surface area (Å²) in [7, 11) is 0. The van der Waals surface area contributed by atoms with Gasteiger partial charge in [0.1, 0.15) is 5.82 Å². The maximum absolute atomic E-state index is 4.39. The minimum atomic E-state index is 0.487. The van der Waals surface area contributed by atoms with Gasteiger partial charge in [-0.2, -0.15) is 5.10 Å². The van der Waals surface area contributed by atoms with Crippen molar-refractivity contribution in [1.29, 1.82) is 0 Å². The molecule has 0 spiro atoms. The van der Waals surface area contributed by atoms with Crippen molar-refractivity contribution in [2.45, 2.75) is 52.0 Å². The molecule has 0 radical (unpaired) electrons. The lowest BCUT2D eigenvalue weighted by Gasteiger charge is -2.16. The summed E-state index contributed by atoms with van der Waals surface area (Å²) >= 11 is 0. The molecule has 0 bridgehead atoms. The largest absolute Gasteiger partial charge is 0.370 e. The Morgan fingerprint density at radius 2 is 2.25 bits per heavy atom. The molecule has 0 aromatic carbocycles. The first-order chi connectivity index (χ1) is 7.81. The third kappa shape index (κ3) is 2.57. The summed E-state index contributed by atoms with van der Waals surface area (Å²) in [5.41, 5.74) is 0. The summed E-state index contributed by atoms with van der Waals surface area (Å²) in [6.45, 7) is 5.53. The Kier molecular flexibility index (Phi) is 3.86. The molecular weight excluding hydrogens is 198 g/mol. The Labute approximate surface area is 98.2 Å². The first kappa shape index (κ1) is 11.5. The Hall–Kier alpha value is -0.990. The molecule has 1 fully saturated rings. The van der Waals surface area contributed by atoms with Crippen LogP contribution in [0.25, 0.3) is 0 Å². The Bertz CT molecular complexity index is 313. The number of aromatic nitrogens is 2. The molecule has 0 saturated heterocycles. The van der Waals surface area contributed by atoms with E-state index in [1.807, 2.05) is 6.20 Å². The topological polar surface area (TPSA) is 29.9 Å². The first-order valence-electron chi connectivity index (χ1n) is 6.58. The van der Waals surface area contributed by atoms with Gasteiger partial charge >= 0.3 is 0 Å². The second-order valence-electron chi connectivity index (χ2n) is 4.95. The third-order valence-electron chi connectivity index (χ3n) is 3.73. The quantitative estimate of drug-likeness (QED) is 0.825. The third-order valence-corrected chi connectivity index (χ3v) is 3.73. The minimum absolute atomic E-state index is 0.487. The van der Waals surface area contributed by atoms with Crippen molar-refractivity contribution in [2.75, 3.05) is 11.9 Å². The maximum atomic E-state index is 4.39. The van der Waals surface area contributed by atoms with E-state index in [1.165, 1.54) is 31.5 Å². The van der Waals surface area contributed by atoms with Crippen LogP contribution in [0.4, 0.5) is 5.82 Å². The average Bonchev–Trinajstić information content (AvgIpc) is 2.96. The molecule has 1 aromatic heterocycles. The van der Waals surface area contributed by atoms with Crippen LogP contribution in [0.1, 0.15) is 52.0 Å². The van der Waals surface area contributed by atoms with Gasteiger partial charge in [-0.05, 0) is 32.1 Å². The van der Waals surface area contributed by atoms with Crippen molar-refractivity contribution in [1.82, 2.24) is 9.78 Å². The van der Waals surface area contributed by atoms with Gasteiger partial charge in [0.15, 0.2) is 0 Å². The highest BCUT2D eigenvalue weighted by atomic mass is 15.3. The molecule has 1 heterocycles. The van der Waals surface area contributed by atoms with Gasteiger partial charge in [-0.3, -0.25) is 0 Å². The van der Waals surface area contributed by atoms with Gasteiger partial charge in [-0.1, -0.05) is 19.8 Å². The zero-order chi connectivity index (χ0) is 11.4. The molecule has 1 saturated carbocycles. The van der Waals surface area contributed by atoms with E-state index in [4.69, 9.17) is 0 Å². The lowest BCUT2D eigenvalue weighted by atomic mass is 10.1. The summed E-state index contributed by atoms with van der Waals surface area (Å²) < 4.78 is 2.11. The number of nitrogens with one attached hydrogen (secondary N) is 1. The van der Waals surface area contributed by atoms with Crippen molar-refractivity contribution < 1.29 is 0 Å². The number of hydrogen-bond donors (Lipinski definition) is 1. The highest BCUT2D eigenvalue weighted by molar-refractivity contribution is 5.34. The number of anilines is 1. The molecule has 3 heteroatoms. The summed E-state index contributed by atoms with van der Waals surface area (Å²) in [5, 5.41) is 7.94. The fourth-order valence-electron chi connectivity index (χ4n) is 2.44. The number of nitrogens with zero attached hydrogens (tertiary/aromatic N) is 2. The van der Waals surface area contributed by atoms with E-state index in [1.54, 1.807) is 0 Å². The van der Waals surface area contributed by atoms with Gasteiger partial charge in [0.25, 0.3) is 0 Å². The van der Waals surface area contributed by atoms with E-state index in [-0.39, 0.29) is 0 Å². The van der Waals surface area contributed by atoms with Crippen molar-refractivity contribution in [3.05, 3.63) is 12.3 Å². The second-order valence-corrected chi connectivity index (χ2v) is 4.95. The van der Waals surface area contributed by atoms with Crippen LogP contribution < -0.4 is 5.32 Å². The van der Waals surface area contributed by atoms with Gasteiger partial charge in [0.2, 0.25) is 0 Å². The van der Waals surface area contributed by atoms with Crippen LogP contribution in [0.5, 0.6) is 0 Å². The normalized spacial score (nSPS) is 18.9. The Balaban J connectivity index is 1.90. The molecule has 0 amide bonds. The minimum Gasteiger partial charge on any atom is -0.370 e. The zero-order valence-corrected chi connectivity index (χ0v) is 10.4. The monoisotopic (exact) mass is 221 g/mol. The van der Waals surface area contributed by atoms with Crippen LogP contribution in [-0.2, 0) is 0 Å². The smallest absolute Gasteiger partial charge is 0.124 e. The van der Waals surface area contributed by atoms with Gasteiger partial charge in [0.05, 0.1) is 12.2 Å². The standard InChI is InChI=1S/C13H23N3/c1-3-11(2)16-13(8-9-15-16)14-10-12-6-4-5-7-12/h8-9,11-12,14H,3-7,10H2,1-2H3. The summed E-state index contributed by atoms with van der Waals surface area (Å²) in [6, 6.07) is 2.57. The van der Waals surface area contributed by atoms with Gasteiger partial charge < -0.3 is 5.32 Å². The van der Waals surface area contributed by atoms with E-state index in [0.29, 0.717) is 6.04 Å². The maximum Gasteiger partial charge on any atom is 0.124 e. The Morgan fingerprint density at radius 1 is 1.50 bits per heavy atom. The molecule has 1 aromatic rings. The van der Waals surface area contributed by atoms with Crippen molar-refractivity contribution in [3.63, 3.8) is 0 Å². The van der Waals surface area contributed by atoms with E-state index in [0.717, 1.165) is 18.9 Å². The molecule has 1 atom stereocenters. The fraction of sp³-hybridized carbons (Fsp3) is 0.769. The van der Waals surface area contributed by atoms with Gasteiger partial charge in [-0.15, -0.1) is 0 Å². The van der Waals surface area contributed by atoms with Crippen molar-refractivity contribution >= 4 is 5.82 Å². The second kappa shape index (κ2) is 5.37. The molecule has 0 aliphatic heterocycles. The van der Waals surface area contributed by atoms with E-state index >= 15 is 0 Å². The van der Waals surface area contributed by atoms with Gasteiger partial charge in [0, 0.05) is 12.6 Å². The zero-order valence-electron chi connectivity index (χ0n) is 10.4. The lowest BCUT2D eigenvalue weighted by molar-refractivity contribution is 0.479. The van der Waals surface area contributed by atoms with Crippen LogP contribution in [0.2, 0.25) is 0 Å². The molecule has 2 rings (SSSR count). The lowest BCUT2D eigenvalue weighted by Crippen LogP contribution is -2.16. The summed E-state index contributed by atoms with van der Waals surface area (Å²) in [5.74, 6) is 2.06. The van der Waals surface area contributed by atoms with Gasteiger partial charge in [-0.25, -0.2) is 4.68 Å². The Morgan fingerprint density at radius 3 is 2.94 bits per heavy atom. The molecule has 16 heavy (non-hydrogen) atoms. The molecule has 1 unspecified atom stereocenters. The van der Waals surface area contributed by atoms with E-state index < -0.39 is 0 Å². The molecule has 90 valence electrons. The van der Waals surface area contributed by atoms with E-state index in [2.05, 4.69) is 35.0 Å². The predicted molar refractivity (Wildman–Crippen MR) is 67.7 cm³/mol. The van der Waals surface area contributed by atoms with Crippen molar-refractivity contribution in [2.24, 2.45) is 5.92 Å². The fourth-order valence-corrected chi connectivity index (χ4v) is 2.44. The summed E-state index contributed by atoms with van der Waals surface area (Å²) in [6.07, 6.45) is 8.63. The van der Waals surface area contributed by atoms with Crippen LogP contribution in [0.15, 0.2) is 12.3 Å². The highest BCUT2D eigenvalue weighted by Gasteiger charge is 2.15. The molecule has 1 aliphatic rings. The molecular formula is C13H23N3. The van der Waals surface area contributed by atoms with E-state index in [9.17, 15) is 0 Å². The first-order valence-corrected chi connectivity index (χ1v) is 6.58.